The summed E-state index contributed by atoms with van der Waals surface area (Å²) in [7, 11) is 1.61. The van der Waals surface area contributed by atoms with Gasteiger partial charge in [0.2, 0.25) is 0 Å². The second-order valence-corrected chi connectivity index (χ2v) is 12.6. The Bertz CT molecular complexity index is 1870. The van der Waals surface area contributed by atoms with Crippen LogP contribution < -0.4 is 10.1 Å². The maximum Gasteiger partial charge on any atom is 0.410 e. The number of nitrogens with one attached hydrogen (secondary N) is 1. The number of ether oxygens (including phenoxy) is 2. The monoisotopic (exact) mass is 629 g/mol. The molecule has 1 amide bonds. The van der Waals surface area contributed by atoms with Crippen molar-refractivity contribution in [1.29, 1.82) is 5.26 Å². The molecule has 2 aliphatic rings. The highest BCUT2D eigenvalue weighted by Gasteiger charge is 2.34. The van der Waals surface area contributed by atoms with E-state index in [0.717, 1.165) is 24.2 Å². The van der Waals surface area contributed by atoms with Crippen LogP contribution in [-0.4, -0.2) is 56.1 Å². The van der Waals surface area contributed by atoms with Crippen LogP contribution in [0.4, 0.5) is 15.0 Å². The number of carbonyl (C=O) groups is 1. The van der Waals surface area contributed by atoms with Gasteiger partial charge in [0.05, 0.1) is 30.0 Å². The number of hydrogen-bond donors (Lipinski definition) is 1. The lowest BCUT2D eigenvalue weighted by Crippen LogP contribution is -2.35. The van der Waals surface area contributed by atoms with E-state index in [1.54, 1.807) is 29.1 Å². The normalized spacial score (nSPS) is 16.3. The minimum absolute atomic E-state index is 0.100. The quantitative estimate of drug-likeness (QED) is 0.245. The Labute approximate surface area is 265 Å². The number of carbonyl (C=O) groups excluding carboxylic acids is 1. The summed E-state index contributed by atoms with van der Waals surface area (Å²) in [5.74, 6) is 6.55. The molecule has 1 atom stereocenters. The number of likely N-dealkylation sites (tertiary alicyclic amines) is 1. The molecule has 2 aromatic carbocycles. The first-order valence-corrected chi connectivity index (χ1v) is 15.2. The molecule has 0 unspecified atom stereocenters. The Balaban J connectivity index is 1.34. The number of nitriles is 1. The zero-order valence-electron chi connectivity index (χ0n) is 25.5. The Kier molecular flexibility index (Phi) is 8.07. The lowest BCUT2D eigenvalue weighted by molar-refractivity contribution is 0.0288. The number of nitrogens with zero attached hydrogens (tertiary/aromatic N) is 6. The van der Waals surface area contributed by atoms with Crippen molar-refractivity contribution in [3.8, 4) is 23.7 Å². The fourth-order valence-electron chi connectivity index (χ4n) is 5.40. The molecule has 1 N–H and O–H groups in total. The van der Waals surface area contributed by atoms with E-state index in [2.05, 4.69) is 28.2 Å². The Morgan fingerprint density at radius 1 is 1.18 bits per heavy atom. The van der Waals surface area contributed by atoms with Crippen LogP contribution in [0.2, 0.25) is 5.02 Å². The summed E-state index contributed by atoms with van der Waals surface area (Å²) in [6.45, 7) is 6.70. The maximum atomic E-state index is 15.4. The van der Waals surface area contributed by atoms with Gasteiger partial charge in [-0.15, -0.1) is 0 Å². The summed E-state index contributed by atoms with van der Waals surface area (Å²) >= 11 is 6.46. The van der Waals surface area contributed by atoms with Crippen molar-refractivity contribution in [2.24, 2.45) is 0 Å². The van der Waals surface area contributed by atoms with Crippen LogP contribution in [0.1, 0.15) is 74.5 Å². The van der Waals surface area contributed by atoms with Crippen molar-refractivity contribution in [3.63, 3.8) is 0 Å². The van der Waals surface area contributed by atoms with E-state index < -0.39 is 17.5 Å². The van der Waals surface area contributed by atoms with Gasteiger partial charge in [-0.1, -0.05) is 29.7 Å². The van der Waals surface area contributed by atoms with Gasteiger partial charge in [0.15, 0.2) is 11.5 Å². The zero-order chi connectivity index (χ0) is 31.9. The highest BCUT2D eigenvalue weighted by molar-refractivity contribution is 6.32. The van der Waals surface area contributed by atoms with Crippen LogP contribution in [0.3, 0.4) is 0 Å². The first kappa shape index (κ1) is 30.3. The summed E-state index contributed by atoms with van der Waals surface area (Å²) < 4.78 is 29.8. The summed E-state index contributed by atoms with van der Waals surface area (Å²) in [5.41, 5.74) is 1.88. The number of benzene rings is 2. The second kappa shape index (κ2) is 12.0. The molecule has 1 aliphatic heterocycles. The van der Waals surface area contributed by atoms with Crippen LogP contribution in [0, 0.1) is 29.0 Å². The Morgan fingerprint density at radius 2 is 1.93 bits per heavy atom. The van der Waals surface area contributed by atoms with Crippen molar-refractivity contribution in [1.82, 2.24) is 24.2 Å². The Morgan fingerprint density at radius 3 is 2.60 bits per heavy atom. The standard InChI is InChI=1S/C33H33ClFN7O3/c1-33(2,3)45-32(43)40-14-13-23(18-40)42-31(37-17-20-5-10-24(44-4)11-6-20)25(16-36)26(39-42)12-7-21-15-27-30(29(35)28(21)34)41(19-38-27)22-8-9-22/h5-6,10-11,15,19,22-23,37H,8-9,13-14,17-18H2,1-4H3/t23-/m0/s1. The maximum absolute atomic E-state index is 15.4. The van der Waals surface area contributed by atoms with Crippen molar-refractivity contribution in [3.05, 3.63) is 69.9 Å². The molecule has 0 bridgehead atoms. The van der Waals surface area contributed by atoms with Gasteiger partial charge in [0.1, 0.15) is 34.3 Å². The highest BCUT2D eigenvalue weighted by atomic mass is 35.5. The van der Waals surface area contributed by atoms with E-state index >= 15 is 4.39 Å². The van der Waals surface area contributed by atoms with Gasteiger partial charge in [-0.2, -0.15) is 10.4 Å². The number of hydrogen-bond acceptors (Lipinski definition) is 7. The molecule has 12 heteroatoms. The van der Waals surface area contributed by atoms with Gasteiger partial charge in [-0.3, -0.25) is 0 Å². The lowest BCUT2D eigenvalue weighted by Gasteiger charge is -2.24. The number of amides is 1. The van der Waals surface area contributed by atoms with Crippen LogP contribution in [0.15, 0.2) is 36.7 Å². The SMILES string of the molecule is COc1ccc(CNc2c(C#N)c(C#Cc3cc4ncn(C5CC5)c4c(F)c3Cl)nn2[C@H]2CCN(C(=O)OC(C)(C)C)C2)cc1. The van der Waals surface area contributed by atoms with Gasteiger partial charge in [-0.25, -0.2) is 18.9 Å². The molecule has 1 saturated heterocycles. The zero-order valence-corrected chi connectivity index (χ0v) is 26.3. The lowest BCUT2D eigenvalue weighted by atomic mass is 10.1. The minimum atomic E-state index is -0.623. The van der Waals surface area contributed by atoms with Crippen LogP contribution in [0.5, 0.6) is 5.75 Å². The fourth-order valence-corrected chi connectivity index (χ4v) is 5.59. The van der Waals surface area contributed by atoms with Crippen LogP contribution >= 0.6 is 11.6 Å². The number of imidazole rings is 1. The number of methoxy groups -OCH3 is 1. The number of fused-ring (bicyclic) bond motifs is 1. The third-order valence-corrected chi connectivity index (χ3v) is 8.17. The number of halogens is 2. The molecule has 4 aromatic rings. The van der Waals surface area contributed by atoms with E-state index in [9.17, 15) is 10.1 Å². The largest absolute Gasteiger partial charge is 0.497 e. The van der Waals surface area contributed by atoms with E-state index in [0.29, 0.717) is 42.9 Å². The van der Waals surface area contributed by atoms with E-state index in [4.69, 9.17) is 26.2 Å². The predicted molar refractivity (Wildman–Crippen MR) is 168 cm³/mol. The molecular formula is C33H33ClFN7O3. The molecule has 2 fully saturated rings. The molecule has 1 aliphatic carbocycles. The molecule has 45 heavy (non-hydrogen) atoms. The molecular weight excluding hydrogens is 597 g/mol. The number of rotatable bonds is 6. The van der Waals surface area contributed by atoms with Crippen LogP contribution in [0.25, 0.3) is 11.0 Å². The molecule has 232 valence electrons. The molecule has 10 nitrogen and oxygen atoms in total. The van der Waals surface area contributed by atoms with Crippen molar-refractivity contribution >= 4 is 34.5 Å². The van der Waals surface area contributed by atoms with Gasteiger partial charge in [-0.05, 0) is 69.7 Å². The average molecular weight is 630 g/mol. The molecule has 1 saturated carbocycles. The molecule has 3 heterocycles. The fraction of sp³-hybridized carbons (Fsp3) is 0.394. The predicted octanol–water partition coefficient (Wildman–Crippen LogP) is 6.43. The topological polar surface area (TPSA) is 110 Å². The molecule has 6 rings (SSSR count). The summed E-state index contributed by atoms with van der Waals surface area (Å²) in [6.07, 6.45) is 3.80. The molecule has 2 aromatic heterocycles. The number of anilines is 1. The smallest absolute Gasteiger partial charge is 0.410 e. The third-order valence-electron chi connectivity index (χ3n) is 7.80. The first-order valence-electron chi connectivity index (χ1n) is 14.8. The number of aromatic nitrogens is 4. The van der Waals surface area contributed by atoms with E-state index in [1.165, 1.54) is 0 Å². The second-order valence-electron chi connectivity index (χ2n) is 12.3. The van der Waals surface area contributed by atoms with Gasteiger partial charge >= 0.3 is 6.09 Å². The Hall–Kier alpha value is -4.74. The summed E-state index contributed by atoms with van der Waals surface area (Å²) in [4.78, 5) is 18.8. The molecule has 0 radical (unpaired) electrons. The minimum Gasteiger partial charge on any atom is -0.497 e. The van der Waals surface area contributed by atoms with Crippen molar-refractivity contribution in [2.45, 2.75) is 64.3 Å². The van der Waals surface area contributed by atoms with Gasteiger partial charge in [0.25, 0.3) is 0 Å². The van der Waals surface area contributed by atoms with Crippen LogP contribution in [-0.2, 0) is 11.3 Å². The van der Waals surface area contributed by atoms with Crippen molar-refractivity contribution < 1.29 is 18.7 Å². The average Bonchev–Trinajstić information content (AvgIpc) is 3.42. The first-order chi connectivity index (χ1) is 21.6. The van der Waals surface area contributed by atoms with E-state index in [1.807, 2.05) is 49.6 Å². The van der Waals surface area contributed by atoms with Gasteiger partial charge in [0, 0.05) is 31.2 Å². The third kappa shape index (κ3) is 6.27. The molecule has 0 spiro atoms. The summed E-state index contributed by atoms with van der Waals surface area (Å²) in [5, 5.41) is 18.3. The van der Waals surface area contributed by atoms with Gasteiger partial charge < -0.3 is 24.3 Å². The summed E-state index contributed by atoms with van der Waals surface area (Å²) in [6, 6.07) is 11.5. The van der Waals surface area contributed by atoms with Crippen molar-refractivity contribution in [2.75, 3.05) is 25.5 Å². The highest BCUT2D eigenvalue weighted by Crippen LogP contribution is 2.39. The van der Waals surface area contributed by atoms with E-state index in [-0.39, 0.29) is 33.9 Å².